The zero-order valence-electron chi connectivity index (χ0n) is 20.5. The SMILES string of the molecule is COc1cccc(OC(C)c2nnc(SC(C)C(=O)Nc3ccc(C(=O)O)cc3)n2-c2ccccc2)c1. The molecule has 0 bridgehead atoms. The highest BCUT2D eigenvalue weighted by atomic mass is 32.2. The lowest BCUT2D eigenvalue weighted by Gasteiger charge is -2.18. The molecule has 1 aromatic heterocycles. The monoisotopic (exact) mass is 518 g/mol. The Balaban J connectivity index is 1.55. The van der Waals surface area contributed by atoms with Gasteiger partial charge in [-0.15, -0.1) is 10.2 Å². The third-order valence-electron chi connectivity index (χ3n) is 5.44. The number of methoxy groups -OCH3 is 1. The molecule has 190 valence electrons. The zero-order chi connectivity index (χ0) is 26.4. The highest BCUT2D eigenvalue weighted by Crippen LogP contribution is 2.31. The highest BCUT2D eigenvalue weighted by molar-refractivity contribution is 8.00. The predicted molar refractivity (Wildman–Crippen MR) is 141 cm³/mol. The van der Waals surface area contributed by atoms with E-state index in [0.717, 1.165) is 5.69 Å². The topological polar surface area (TPSA) is 116 Å². The summed E-state index contributed by atoms with van der Waals surface area (Å²) in [5, 5.41) is 20.7. The van der Waals surface area contributed by atoms with Crippen LogP contribution in [0.3, 0.4) is 0 Å². The van der Waals surface area contributed by atoms with Gasteiger partial charge < -0.3 is 19.9 Å². The number of carbonyl (C=O) groups excluding carboxylic acids is 1. The lowest BCUT2D eigenvalue weighted by molar-refractivity contribution is -0.115. The van der Waals surface area contributed by atoms with Gasteiger partial charge in [-0.2, -0.15) is 0 Å². The zero-order valence-corrected chi connectivity index (χ0v) is 21.3. The van der Waals surface area contributed by atoms with Crippen LogP contribution in [-0.2, 0) is 4.79 Å². The fraction of sp³-hybridized carbons (Fsp3) is 0.185. The Kier molecular flexibility index (Phi) is 8.09. The van der Waals surface area contributed by atoms with Gasteiger partial charge >= 0.3 is 5.97 Å². The summed E-state index contributed by atoms with van der Waals surface area (Å²) < 4.78 is 13.3. The molecule has 0 saturated carbocycles. The first kappa shape index (κ1) is 25.8. The van der Waals surface area contributed by atoms with E-state index in [1.807, 2.05) is 60.0 Å². The van der Waals surface area contributed by atoms with Crippen molar-refractivity contribution in [3.63, 3.8) is 0 Å². The van der Waals surface area contributed by atoms with Gasteiger partial charge in [0.1, 0.15) is 11.5 Å². The summed E-state index contributed by atoms with van der Waals surface area (Å²) in [5.74, 6) is 0.613. The van der Waals surface area contributed by atoms with E-state index >= 15 is 0 Å². The summed E-state index contributed by atoms with van der Waals surface area (Å²) in [4.78, 5) is 23.9. The molecule has 0 spiro atoms. The minimum absolute atomic E-state index is 0.147. The maximum absolute atomic E-state index is 12.9. The van der Waals surface area contributed by atoms with Gasteiger partial charge in [0, 0.05) is 17.4 Å². The third-order valence-corrected chi connectivity index (χ3v) is 6.48. The molecule has 4 aromatic rings. The number of carboxylic acid groups (broad SMARTS) is 1. The average molecular weight is 519 g/mol. The van der Waals surface area contributed by atoms with Crippen LogP contribution >= 0.6 is 11.8 Å². The highest BCUT2D eigenvalue weighted by Gasteiger charge is 2.24. The van der Waals surface area contributed by atoms with Crippen molar-refractivity contribution in [3.8, 4) is 17.2 Å². The van der Waals surface area contributed by atoms with Gasteiger partial charge in [-0.05, 0) is 62.4 Å². The number of nitrogens with one attached hydrogen (secondary N) is 1. The summed E-state index contributed by atoms with van der Waals surface area (Å²) in [7, 11) is 1.60. The molecule has 0 aliphatic carbocycles. The molecule has 37 heavy (non-hydrogen) atoms. The van der Waals surface area contributed by atoms with Gasteiger partial charge in [-0.25, -0.2) is 4.79 Å². The average Bonchev–Trinajstić information content (AvgIpc) is 3.33. The van der Waals surface area contributed by atoms with E-state index in [2.05, 4.69) is 15.5 Å². The molecule has 0 saturated heterocycles. The van der Waals surface area contributed by atoms with E-state index < -0.39 is 17.3 Å². The van der Waals surface area contributed by atoms with Crippen LogP contribution in [0, 0.1) is 0 Å². The van der Waals surface area contributed by atoms with Crippen LogP contribution in [0.4, 0.5) is 5.69 Å². The van der Waals surface area contributed by atoms with Crippen LogP contribution in [0.15, 0.2) is 84.0 Å². The molecule has 2 atom stereocenters. The van der Waals surface area contributed by atoms with E-state index in [-0.39, 0.29) is 11.5 Å². The van der Waals surface area contributed by atoms with Crippen molar-refractivity contribution in [1.82, 2.24) is 14.8 Å². The van der Waals surface area contributed by atoms with Crippen molar-refractivity contribution in [2.24, 2.45) is 0 Å². The minimum Gasteiger partial charge on any atom is -0.497 e. The van der Waals surface area contributed by atoms with E-state index in [1.54, 1.807) is 32.2 Å². The van der Waals surface area contributed by atoms with Crippen LogP contribution in [0.1, 0.15) is 36.1 Å². The summed E-state index contributed by atoms with van der Waals surface area (Å²) in [6.45, 7) is 3.65. The van der Waals surface area contributed by atoms with Gasteiger partial charge in [0.15, 0.2) is 17.1 Å². The fourth-order valence-electron chi connectivity index (χ4n) is 3.52. The number of hydrogen-bond acceptors (Lipinski definition) is 7. The molecule has 1 amide bonds. The van der Waals surface area contributed by atoms with Gasteiger partial charge in [-0.3, -0.25) is 9.36 Å². The quantitative estimate of drug-likeness (QED) is 0.274. The van der Waals surface area contributed by atoms with Crippen molar-refractivity contribution < 1.29 is 24.2 Å². The van der Waals surface area contributed by atoms with Crippen molar-refractivity contribution >= 4 is 29.3 Å². The second-order valence-corrected chi connectivity index (χ2v) is 9.39. The number of aromatic carboxylic acids is 1. The number of hydrogen-bond donors (Lipinski definition) is 2. The summed E-state index contributed by atoms with van der Waals surface area (Å²) >= 11 is 1.26. The first-order valence-electron chi connectivity index (χ1n) is 11.5. The smallest absolute Gasteiger partial charge is 0.335 e. The van der Waals surface area contributed by atoms with Crippen LogP contribution in [-0.4, -0.2) is 44.1 Å². The molecule has 0 radical (unpaired) electrons. The second kappa shape index (κ2) is 11.6. The van der Waals surface area contributed by atoms with Crippen molar-refractivity contribution in [3.05, 3.63) is 90.3 Å². The number of amides is 1. The van der Waals surface area contributed by atoms with Crippen molar-refractivity contribution in [2.75, 3.05) is 12.4 Å². The van der Waals surface area contributed by atoms with Crippen LogP contribution in [0.5, 0.6) is 11.5 Å². The molecule has 4 rings (SSSR count). The molecule has 3 aromatic carbocycles. The largest absolute Gasteiger partial charge is 0.497 e. The van der Waals surface area contributed by atoms with E-state index in [9.17, 15) is 9.59 Å². The Bertz CT molecular complexity index is 1380. The van der Waals surface area contributed by atoms with Gasteiger partial charge in [-0.1, -0.05) is 36.0 Å². The number of carboxylic acids is 1. The Morgan fingerprint density at radius 1 is 0.946 bits per heavy atom. The van der Waals surface area contributed by atoms with Crippen molar-refractivity contribution in [1.29, 1.82) is 0 Å². The summed E-state index contributed by atoms with van der Waals surface area (Å²) in [5.41, 5.74) is 1.49. The summed E-state index contributed by atoms with van der Waals surface area (Å²) in [6, 6.07) is 22.9. The standard InChI is InChI=1S/C27H26N4O5S/c1-17(36-23-11-7-10-22(16-23)35-3)24-29-30-27(31(24)21-8-5-4-6-9-21)37-18(2)25(32)28-20-14-12-19(13-15-20)26(33)34/h4-18H,1-3H3,(H,28,32)(H,33,34). The Labute approximate surface area is 218 Å². The molecule has 2 N–H and O–H groups in total. The van der Waals surface area contributed by atoms with E-state index in [4.69, 9.17) is 14.6 Å². The third kappa shape index (κ3) is 6.28. The minimum atomic E-state index is -1.03. The number of thioether (sulfide) groups is 1. The Morgan fingerprint density at radius 2 is 1.65 bits per heavy atom. The lowest BCUT2D eigenvalue weighted by Crippen LogP contribution is -2.23. The first-order valence-corrected chi connectivity index (χ1v) is 12.4. The molecular weight excluding hydrogens is 492 g/mol. The van der Waals surface area contributed by atoms with Crippen LogP contribution in [0.25, 0.3) is 5.69 Å². The molecule has 10 heteroatoms. The molecule has 2 unspecified atom stereocenters. The number of ether oxygens (including phenoxy) is 2. The number of carbonyl (C=O) groups is 2. The lowest BCUT2D eigenvalue weighted by atomic mass is 10.2. The molecule has 9 nitrogen and oxygen atoms in total. The van der Waals surface area contributed by atoms with Gasteiger partial charge in [0.25, 0.3) is 0 Å². The predicted octanol–water partition coefficient (Wildman–Crippen LogP) is 5.23. The molecule has 0 aliphatic rings. The van der Waals surface area contributed by atoms with Crippen LogP contribution < -0.4 is 14.8 Å². The number of nitrogens with zero attached hydrogens (tertiary/aromatic N) is 3. The molecule has 1 heterocycles. The Hall–Kier alpha value is -4.31. The van der Waals surface area contributed by atoms with E-state index in [1.165, 1.54) is 23.9 Å². The van der Waals surface area contributed by atoms with Crippen molar-refractivity contribution in [2.45, 2.75) is 30.4 Å². The normalized spacial score (nSPS) is 12.4. The van der Waals surface area contributed by atoms with Crippen LogP contribution in [0.2, 0.25) is 0 Å². The van der Waals surface area contributed by atoms with E-state index in [0.29, 0.717) is 28.2 Å². The molecular formula is C27H26N4O5S. The maximum atomic E-state index is 12.9. The van der Waals surface area contributed by atoms with Gasteiger partial charge in [0.2, 0.25) is 5.91 Å². The van der Waals surface area contributed by atoms with Gasteiger partial charge in [0.05, 0.1) is 17.9 Å². The number of aromatic nitrogens is 3. The number of anilines is 1. The molecule has 0 fully saturated rings. The Morgan fingerprint density at radius 3 is 2.32 bits per heavy atom. The molecule has 0 aliphatic heterocycles. The first-order chi connectivity index (χ1) is 17.9. The number of para-hydroxylation sites is 1. The fourth-order valence-corrected chi connectivity index (χ4v) is 4.40. The summed E-state index contributed by atoms with van der Waals surface area (Å²) in [6.07, 6.45) is -0.453. The number of benzene rings is 3. The second-order valence-electron chi connectivity index (χ2n) is 8.08. The maximum Gasteiger partial charge on any atom is 0.335 e. The number of rotatable bonds is 10.